The fourth-order valence-corrected chi connectivity index (χ4v) is 3.65. The molecule has 1 nitrogen and oxygen atoms in total. The van der Waals surface area contributed by atoms with Crippen LogP contribution in [0.15, 0.2) is 54.7 Å². The summed E-state index contributed by atoms with van der Waals surface area (Å²) in [6, 6.07) is 13.1. The summed E-state index contributed by atoms with van der Waals surface area (Å²) in [6.07, 6.45) is 0.0748. The van der Waals surface area contributed by atoms with Gasteiger partial charge in [0.2, 0.25) is 5.69 Å². The van der Waals surface area contributed by atoms with Crippen LogP contribution in [0.4, 0.5) is 4.39 Å². The van der Waals surface area contributed by atoms with Crippen molar-refractivity contribution in [2.75, 3.05) is 0 Å². The van der Waals surface area contributed by atoms with Crippen molar-refractivity contribution >= 4 is 21.5 Å². The predicted molar refractivity (Wildman–Crippen MR) is 102 cm³/mol. The van der Waals surface area contributed by atoms with Crippen LogP contribution in [0, 0.1) is 26.6 Å². The van der Waals surface area contributed by atoms with Gasteiger partial charge in [0.05, 0.1) is 12.3 Å². The smallest absolute Gasteiger partial charge is 0.206 e. The number of hydrogen-bond acceptors (Lipinski definition) is 0. The number of aromatic nitrogens is 1. The van der Waals surface area contributed by atoms with Crippen molar-refractivity contribution in [3.8, 4) is 11.3 Å². The molecule has 0 aliphatic heterocycles. The summed E-state index contributed by atoms with van der Waals surface area (Å²) in [5.74, 6) is -0.358. The summed E-state index contributed by atoms with van der Waals surface area (Å²) in [4.78, 5) is 0. The zero-order valence-electron chi connectivity index (χ0n) is 16.9. The van der Waals surface area contributed by atoms with E-state index in [2.05, 4.69) is 32.9 Å². The molecule has 4 rings (SSSR count). The molecule has 0 atom stereocenters. The monoisotopic (exact) mass is 332 g/mol. The molecule has 0 aliphatic rings. The Labute approximate surface area is 150 Å². The SMILES string of the molecule is [2H]c1c([2H])[n+](C)c(-c2cc(C)cc(C)c2C)c2c1cc(F)c1ccccc12. The van der Waals surface area contributed by atoms with Gasteiger partial charge >= 0.3 is 0 Å². The molecule has 1 aromatic heterocycles. The van der Waals surface area contributed by atoms with Crippen LogP contribution >= 0.6 is 0 Å². The van der Waals surface area contributed by atoms with E-state index in [0.717, 1.165) is 33.2 Å². The maximum absolute atomic E-state index is 14.7. The van der Waals surface area contributed by atoms with Crippen LogP contribution in [-0.4, -0.2) is 0 Å². The van der Waals surface area contributed by atoms with Crippen LogP contribution in [0.2, 0.25) is 0 Å². The van der Waals surface area contributed by atoms with Crippen molar-refractivity contribution in [3.63, 3.8) is 0 Å². The second kappa shape index (κ2) is 5.66. The average molecular weight is 332 g/mol. The molecule has 0 aliphatic carbocycles. The molecule has 0 fully saturated rings. The number of pyridine rings is 1. The second-order valence-electron chi connectivity index (χ2n) is 6.73. The molecular weight excluding hydrogens is 309 g/mol. The summed E-state index contributed by atoms with van der Waals surface area (Å²) in [5.41, 5.74) is 5.31. The molecule has 124 valence electrons. The molecule has 0 saturated heterocycles. The van der Waals surface area contributed by atoms with Gasteiger partial charge in [-0.1, -0.05) is 35.9 Å². The minimum absolute atomic E-state index is 0.0444. The predicted octanol–water partition coefficient (Wildman–Crippen LogP) is 5.55. The minimum Gasteiger partial charge on any atom is -0.206 e. The highest BCUT2D eigenvalue weighted by molar-refractivity contribution is 6.12. The third-order valence-electron chi connectivity index (χ3n) is 4.99. The number of fused-ring (bicyclic) bond motifs is 3. The highest BCUT2D eigenvalue weighted by atomic mass is 19.1. The van der Waals surface area contributed by atoms with Gasteiger partial charge in [-0.3, -0.25) is 0 Å². The number of halogens is 1. The van der Waals surface area contributed by atoms with E-state index in [9.17, 15) is 4.39 Å². The van der Waals surface area contributed by atoms with Crippen molar-refractivity contribution in [1.82, 2.24) is 0 Å². The topological polar surface area (TPSA) is 3.88 Å². The van der Waals surface area contributed by atoms with Crippen LogP contribution in [0.25, 0.3) is 32.8 Å². The van der Waals surface area contributed by atoms with Crippen molar-refractivity contribution < 1.29 is 11.7 Å². The third-order valence-corrected chi connectivity index (χ3v) is 4.99. The van der Waals surface area contributed by atoms with Gasteiger partial charge in [0.15, 0.2) is 6.17 Å². The lowest BCUT2D eigenvalue weighted by molar-refractivity contribution is -0.659. The molecule has 0 bridgehead atoms. The van der Waals surface area contributed by atoms with E-state index in [4.69, 9.17) is 2.74 Å². The Balaban J connectivity index is 2.34. The van der Waals surface area contributed by atoms with Gasteiger partial charge < -0.3 is 0 Å². The third kappa shape index (κ3) is 2.41. The number of benzene rings is 3. The van der Waals surface area contributed by atoms with Crippen molar-refractivity contribution in [2.45, 2.75) is 20.8 Å². The van der Waals surface area contributed by atoms with Crippen LogP contribution in [-0.2, 0) is 7.05 Å². The van der Waals surface area contributed by atoms with Crippen LogP contribution in [0.1, 0.15) is 19.4 Å². The molecule has 0 N–H and O–H groups in total. The van der Waals surface area contributed by atoms with E-state index < -0.39 is 0 Å². The Morgan fingerprint density at radius 1 is 1.00 bits per heavy atom. The summed E-state index contributed by atoms with van der Waals surface area (Å²) >= 11 is 0. The standard InChI is InChI=1S/C23H21FN/c1-14-11-15(2)16(3)20(12-14)23-22-17(9-10-25(23)4)13-21(24)18-7-5-6-8-19(18)22/h5-13H,1-4H3/q+1/i9D,10D. The Morgan fingerprint density at radius 3 is 2.48 bits per heavy atom. The quantitative estimate of drug-likeness (QED) is 0.318. The highest BCUT2D eigenvalue weighted by Crippen LogP contribution is 2.35. The van der Waals surface area contributed by atoms with Crippen molar-refractivity contribution in [1.29, 1.82) is 0 Å². The summed E-state index contributed by atoms with van der Waals surface area (Å²) < 4.78 is 33.3. The van der Waals surface area contributed by atoms with Crippen LogP contribution < -0.4 is 4.57 Å². The summed E-state index contributed by atoms with van der Waals surface area (Å²) in [5, 5.41) is 2.60. The van der Waals surface area contributed by atoms with Crippen LogP contribution in [0.3, 0.4) is 0 Å². The number of aryl methyl sites for hydroxylation is 2. The molecule has 4 aromatic rings. The van der Waals surface area contributed by atoms with Gasteiger partial charge in [0.25, 0.3) is 0 Å². The summed E-state index contributed by atoms with van der Waals surface area (Å²) in [7, 11) is 1.81. The lowest BCUT2D eigenvalue weighted by Crippen LogP contribution is -2.31. The van der Waals surface area contributed by atoms with Crippen molar-refractivity contribution in [2.24, 2.45) is 7.05 Å². The zero-order valence-corrected chi connectivity index (χ0v) is 14.9. The van der Waals surface area contributed by atoms with E-state index in [1.54, 1.807) is 10.6 Å². The minimum atomic E-state index is -0.358. The molecule has 1 heterocycles. The first-order chi connectivity index (χ1) is 12.8. The molecule has 0 spiro atoms. The van der Waals surface area contributed by atoms with Gasteiger partial charge in [0, 0.05) is 11.4 Å². The molecule has 25 heavy (non-hydrogen) atoms. The number of nitrogens with zero attached hydrogens (tertiary/aromatic N) is 1. The van der Waals surface area contributed by atoms with Gasteiger partial charge in [-0.15, -0.1) is 0 Å². The lowest BCUT2D eigenvalue weighted by Gasteiger charge is -2.13. The Hall–Kier alpha value is -2.74. The molecule has 0 unspecified atom stereocenters. The van der Waals surface area contributed by atoms with Gasteiger partial charge in [-0.25, -0.2) is 8.96 Å². The van der Waals surface area contributed by atoms with E-state index in [1.807, 2.05) is 25.2 Å². The molecule has 0 saturated carbocycles. The maximum atomic E-state index is 14.7. The molecule has 2 heteroatoms. The molecular formula is C23H21FN+. The highest BCUT2D eigenvalue weighted by Gasteiger charge is 2.21. The molecule has 0 radical (unpaired) electrons. The van der Waals surface area contributed by atoms with E-state index in [0.29, 0.717) is 10.8 Å². The Morgan fingerprint density at radius 2 is 1.72 bits per heavy atom. The average Bonchev–Trinajstić information content (AvgIpc) is 2.64. The van der Waals surface area contributed by atoms with Gasteiger partial charge in [-0.2, -0.15) is 0 Å². The normalized spacial score (nSPS) is 12.5. The number of hydrogen-bond donors (Lipinski definition) is 0. The van der Waals surface area contributed by atoms with E-state index >= 15 is 0 Å². The largest absolute Gasteiger partial charge is 0.221 e. The van der Waals surface area contributed by atoms with Crippen molar-refractivity contribution in [3.05, 3.63) is 77.2 Å². The van der Waals surface area contributed by atoms with Gasteiger partial charge in [0.1, 0.15) is 14.2 Å². The summed E-state index contributed by atoms with van der Waals surface area (Å²) in [6.45, 7) is 6.20. The fraction of sp³-hybridized carbons (Fsp3) is 0.174. The molecule has 0 amide bonds. The fourth-order valence-electron chi connectivity index (χ4n) is 3.65. The maximum Gasteiger partial charge on any atom is 0.221 e. The Kier molecular flexibility index (Phi) is 3.07. The zero-order chi connectivity index (χ0) is 19.5. The van der Waals surface area contributed by atoms with Gasteiger partial charge in [-0.05, 0) is 54.8 Å². The number of rotatable bonds is 1. The molecule has 3 aromatic carbocycles. The Bertz CT molecular complexity index is 1250. The van der Waals surface area contributed by atoms with Crippen LogP contribution in [0.5, 0.6) is 0 Å². The first-order valence-corrected chi connectivity index (χ1v) is 8.39. The first-order valence-electron chi connectivity index (χ1n) is 9.39. The second-order valence-corrected chi connectivity index (χ2v) is 6.73. The lowest BCUT2D eigenvalue weighted by atomic mass is 9.92. The first kappa shape index (κ1) is 13.5. The van der Waals surface area contributed by atoms with E-state index in [1.165, 1.54) is 11.6 Å². The van der Waals surface area contributed by atoms with E-state index in [-0.39, 0.29) is 18.0 Å².